The zero-order valence-corrected chi connectivity index (χ0v) is 9.70. The molecule has 0 unspecified atom stereocenters. The molecule has 0 amide bonds. The molecule has 0 aromatic carbocycles. The van der Waals surface area contributed by atoms with Gasteiger partial charge >= 0.3 is 0 Å². The van der Waals surface area contributed by atoms with E-state index in [1.807, 2.05) is 0 Å². The molecule has 0 spiro atoms. The van der Waals surface area contributed by atoms with E-state index in [0.29, 0.717) is 13.2 Å². The van der Waals surface area contributed by atoms with Gasteiger partial charge in [0, 0.05) is 30.9 Å². The maximum absolute atomic E-state index is 5.65. The van der Waals surface area contributed by atoms with Gasteiger partial charge in [-0.2, -0.15) is 0 Å². The van der Waals surface area contributed by atoms with Crippen LogP contribution in [0.5, 0.6) is 0 Å². The fraction of sp³-hybridized carbons (Fsp3) is 0.300. The zero-order valence-electron chi connectivity index (χ0n) is 8.88. The van der Waals surface area contributed by atoms with Crippen LogP contribution in [0.25, 0.3) is 10.7 Å². The van der Waals surface area contributed by atoms with Crippen LogP contribution in [0.1, 0.15) is 10.6 Å². The molecule has 5 nitrogen and oxygen atoms in total. The van der Waals surface area contributed by atoms with Gasteiger partial charge in [0.1, 0.15) is 10.7 Å². The molecular weight excluding hydrogens is 224 g/mol. The Kier molecular flexibility index (Phi) is 3.55. The van der Waals surface area contributed by atoms with Crippen molar-refractivity contribution >= 4 is 11.3 Å². The zero-order chi connectivity index (χ0) is 11.4. The van der Waals surface area contributed by atoms with Crippen LogP contribution in [0.15, 0.2) is 18.6 Å². The molecule has 6 heteroatoms. The molecule has 0 fully saturated rings. The number of nitrogens with two attached hydrogens (primary N) is 1. The van der Waals surface area contributed by atoms with Crippen LogP contribution in [0.4, 0.5) is 0 Å². The third-order valence-corrected chi connectivity index (χ3v) is 3.17. The van der Waals surface area contributed by atoms with E-state index in [0.717, 1.165) is 21.3 Å². The first kappa shape index (κ1) is 11.1. The Hall–Kier alpha value is -1.37. The molecule has 0 atom stereocenters. The highest BCUT2D eigenvalue weighted by atomic mass is 32.1. The number of nitrogens with zero attached hydrogens (tertiary/aromatic N) is 3. The minimum absolute atomic E-state index is 0.469. The number of thiazole rings is 1. The van der Waals surface area contributed by atoms with Crippen LogP contribution in [0.3, 0.4) is 0 Å². The van der Waals surface area contributed by atoms with Gasteiger partial charge in [0.15, 0.2) is 0 Å². The van der Waals surface area contributed by atoms with Gasteiger partial charge < -0.3 is 10.5 Å². The molecule has 2 rings (SSSR count). The van der Waals surface area contributed by atoms with E-state index in [1.54, 1.807) is 25.7 Å². The second kappa shape index (κ2) is 5.11. The van der Waals surface area contributed by atoms with Crippen LogP contribution in [-0.2, 0) is 17.9 Å². The summed E-state index contributed by atoms with van der Waals surface area (Å²) in [4.78, 5) is 13.7. The molecule has 0 aliphatic heterocycles. The van der Waals surface area contributed by atoms with E-state index in [2.05, 4.69) is 15.0 Å². The van der Waals surface area contributed by atoms with Crippen molar-refractivity contribution in [3.05, 3.63) is 29.2 Å². The second-order valence-corrected chi connectivity index (χ2v) is 4.20. The summed E-state index contributed by atoms with van der Waals surface area (Å²) in [6.45, 7) is 0.944. The van der Waals surface area contributed by atoms with E-state index in [-0.39, 0.29) is 0 Å². The number of rotatable bonds is 4. The lowest BCUT2D eigenvalue weighted by Crippen LogP contribution is -1.99. The molecule has 2 N–H and O–H groups in total. The van der Waals surface area contributed by atoms with Crippen LogP contribution in [0.2, 0.25) is 0 Å². The lowest BCUT2D eigenvalue weighted by Gasteiger charge is -1.95. The van der Waals surface area contributed by atoms with Gasteiger partial charge in [-0.1, -0.05) is 0 Å². The number of methoxy groups -OCH3 is 1. The Balaban J connectivity index is 2.36. The fourth-order valence-corrected chi connectivity index (χ4v) is 2.22. The van der Waals surface area contributed by atoms with E-state index in [9.17, 15) is 0 Å². The third kappa shape index (κ3) is 2.24. The topological polar surface area (TPSA) is 73.9 Å². The molecule has 2 heterocycles. The molecule has 0 bridgehead atoms. The Morgan fingerprint density at radius 3 is 2.94 bits per heavy atom. The largest absolute Gasteiger partial charge is 0.378 e. The van der Waals surface area contributed by atoms with Crippen LogP contribution >= 0.6 is 11.3 Å². The molecule has 2 aromatic rings. The summed E-state index contributed by atoms with van der Waals surface area (Å²) >= 11 is 1.53. The Morgan fingerprint density at radius 1 is 1.44 bits per heavy atom. The van der Waals surface area contributed by atoms with Gasteiger partial charge in [0.05, 0.1) is 18.5 Å². The standard InChI is InChI=1S/C10H12N4OS/c1-15-6-8-9(4-11)16-10(14-8)7-5-12-2-3-13-7/h2-3,5H,4,6,11H2,1H3. The molecule has 0 saturated carbocycles. The first-order valence-electron chi connectivity index (χ1n) is 4.79. The normalized spacial score (nSPS) is 10.6. The predicted octanol–water partition coefficient (Wildman–Crippen LogP) is 1.21. The van der Waals surface area contributed by atoms with Crippen molar-refractivity contribution < 1.29 is 4.74 Å². The van der Waals surface area contributed by atoms with Crippen molar-refractivity contribution in [1.29, 1.82) is 0 Å². The van der Waals surface area contributed by atoms with Crippen molar-refractivity contribution in [3.8, 4) is 10.7 Å². The number of hydrogen-bond donors (Lipinski definition) is 1. The lowest BCUT2D eigenvalue weighted by molar-refractivity contribution is 0.181. The summed E-state index contributed by atoms with van der Waals surface area (Å²) in [6, 6.07) is 0. The summed E-state index contributed by atoms with van der Waals surface area (Å²) in [7, 11) is 1.64. The monoisotopic (exact) mass is 236 g/mol. The fourth-order valence-electron chi connectivity index (χ4n) is 1.31. The predicted molar refractivity (Wildman–Crippen MR) is 61.7 cm³/mol. The van der Waals surface area contributed by atoms with Crippen molar-refractivity contribution in [2.45, 2.75) is 13.2 Å². The van der Waals surface area contributed by atoms with Gasteiger partial charge in [-0.25, -0.2) is 4.98 Å². The van der Waals surface area contributed by atoms with Crippen molar-refractivity contribution in [2.75, 3.05) is 7.11 Å². The minimum Gasteiger partial charge on any atom is -0.378 e. The van der Waals surface area contributed by atoms with Crippen molar-refractivity contribution in [3.63, 3.8) is 0 Å². The minimum atomic E-state index is 0.469. The summed E-state index contributed by atoms with van der Waals surface area (Å²) in [5, 5.41) is 0.834. The molecular formula is C10H12N4OS. The Labute approximate surface area is 97.3 Å². The molecule has 0 aliphatic rings. The maximum atomic E-state index is 5.65. The molecule has 0 radical (unpaired) electrons. The molecule has 0 saturated heterocycles. The highest BCUT2D eigenvalue weighted by Gasteiger charge is 2.11. The lowest BCUT2D eigenvalue weighted by atomic mass is 10.4. The summed E-state index contributed by atoms with van der Waals surface area (Å²) in [5.41, 5.74) is 7.30. The molecule has 0 aliphatic carbocycles. The van der Waals surface area contributed by atoms with Gasteiger partial charge in [-0.3, -0.25) is 9.97 Å². The van der Waals surface area contributed by atoms with Crippen LogP contribution in [0, 0.1) is 0 Å². The molecule has 84 valence electrons. The quantitative estimate of drug-likeness (QED) is 0.863. The first-order chi connectivity index (χ1) is 7.85. The third-order valence-electron chi connectivity index (χ3n) is 2.03. The van der Waals surface area contributed by atoms with Gasteiger partial charge in [0.25, 0.3) is 0 Å². The SMILES string of the molecule is COCc1nc(-c2cnccn2)sc1CN. The van der Waals surface area contributed by atoms with Gasteiger partial charge in [0.2, 0.25) is 0 Å². The van der Waals surface area contributed by atoms with Crippen molar-refractivity contribution in [1.82, 2.24) is 15.0 Å². The number of ether oxygens (including phenoxy) is 1. The summed E-state index contributed by atoms with van der Waals surface area (Å²) < 4.78 is 5.07. The highest BCUT2D eigenvalue weighted by Crippen LogP contribution is 2.26. The van der Waals surface area contributed by atoms with Crippen LogP contribution in [-0.4, -0.2) is 22.1 Å². The Bertz CT molecular complexity index is 457. The van der Waals surface area contributed by atoms with E-state index in [4.69, 9.17) is 10.5 Å². The van der Waals surface area contributed by atoms with E-state index in [1.165, 1.54) is 11.3 Å². The Morgan fingerprint density at radius 2 is 2.31 bits per heavy atom. The number of aromatic nitrogens is 3. The number of hydrogen-bond acceptors (Lipinski definition) is 6. The average Bonchev–Trinajstić information content (AvgIpc) is 2.74. The first-order valence-corrected chi connectivity index (χ1v) is 5.60. The highest BCUT2D eigenvalue weighted by molar-refractivity contribution is 7.15. The van der Waals surface area contributed by atoms with E-state index < -0.39 is 0 Å². The molecule has 16 heavy (non-hydrogen) atoms. The second-order valence-electron chi connectivity index (χ2n) is 3.12. The average molecular weight is 236 g/mol. The summed E-state index contributed by atoms with van der Waals surface area (Å²) in [6.07, 6.45) is 4.97. The molecule has 2 aromatic heterocycles. The summed E-state index contributed by atoms with van der Waals surface area (Å²) in [5.74, 6) is 0. The maximum Gasteiger partial charge on any atom is 0.144 e. The smallest absolute Gasteiger partial charge is 0.144 e. The van der Waals surface area contributed by atoms with Crippen molar-refractivity contribution in [2.24, 2.45) is 5.73 Å². The van der Waals surface area contributed by atoms with Crippen LogP contribution < -0.4 is 5.73 Å². The van der Waals surface area contributed by atoms with Gasteiger partial charge in [-0.05, 0) is 0 Å². The van der Waals surface area contributed by atoms with Gasteiger partial charge in [-0.15, -0.1) is 11.3 Å². The van der Waals surface area contributed by atoms with E-state index >= 15 is 0 Å².